The number of rotatable bonds is 4. The summed E-state index contributed by atoms with van der Waals surface area (Å²) in [6.07, 6.45) is 1.68. The van der Waals surface area contributed by atoms with E-state index in [1.807, 2.05) is 6.07 Å². The molecule has 0 aliphatic carbocycles. The van der Waals surface area contributed by atoms with Gasteiger partial charge in [0.2, 0.25) is 0 Å². The van der Waals surface area contributed by atoms with E-state index in [0.29, 0.717) is 11.1 Å². The zero-order valence-electron chi connectivity index (χ0n) is 10.3. The van der Waals surface area contributed by atoms with E-state index in [-0.39, 0.29) is 0 Å². The molecule has 1 aliphatic heterocycles. The van der Waals surface area contributed by atoms with Crippen LogP contribution in [-0.2, 0) is 4.74 Å². The highest BCUT2D eigenvalue weighted by molar-refractivity contribution is 9.10. The van der Waals surface area contributed by atoms with Gasteiger partial charge >= 0.3 is 0 Å². The molecule has 0 radical (unpaired) electrons. The van der Waals surface area contributed by atoms with Gasteiger partial charge in [0.1, 0.15) is 5.82 Å². The molecule has 1 aliphatic rings. The van der Waals surface area contributed by atoms with Gasteiger partial charge in [0.05, 0.1) is 28.8 Å². The Morgan fingerprint density at radius 1 is 1.67 bits per heavy atom. The molecule has 0 aromatic carbocycles. The van der Waals surface area contributed by atoms with Crippen molar-refractivity contribution in [3.8, 4) is 0 Å². The topological polar surface area (TPSA) is 37.4 Å². The largest absolute Gasteiger partial charge is 0.377 e. The Morgan fingerprint density at radius 3 is 3.22 bits per heavy atom. The minimum Gasteiger partial charge on any atom is -0.377 e. The molecular formula is C12H17BrClN3O. The Kier molecular flexibility index (Phi) is 5.24. The number of likely N-dealkylation sites (N-methyl/N-ethyl adjacent to an activating group) is 1. The Hall–Kier alpha value is -0.360. The molecule has 0 amide bonds. The molecule has 1 saturated heterocycles. The van der Waals surface area contributed by atoms with Gasteiger partial charge in [-0.1, -0.05) is 18.5 Å². The summed E-state index contributed by atoms with van der Waals surface area (Å²) >= 11 is 9.46. The smallest absolute Gasteiger partial charge is 0.143 e. The Balaban J connectivity index is 2.16. The number of morpholine rings is 1. The van der Waals surface area contributed by atoms with Crippen molar-refractivity contribution in [2.24, 2.45) is 0 Å². The van der Waals surface area contributed by atoms with E-state index in [2.05, 4.69) is 38.1 Å². The van der Waals surface area contributed by atoms with Crippen LogP contribution in [0.15, 0.2) is 16.7 Å². The van der Waals surface area contributed by atoms with Gasteiger partial charge in [-0.15, -0.1) is 0 Å². The molecule has 0 saturated carbocycles. The summed E-state index contributed by atoms with van der Waals surface area (Å²) in [5.41, 5.74) is 0. The van der Waals surface area contributed by atoms with Crippen molar-refractivity contribution in [3.05, 3.63) is 21.8 Å². The van der Waals surface area contributed by atoms with Gasteiger partial charge in [-0.3, -0.25) is 0 Å². The maximum absolute atomic E-state index is 5.93. The Bertz CT molecular complexity index is 405. The number of halogens is 2. The van der Waals surface area contributed by atoms with Gasteiger partial charge in [0.15, 0.2) is 0 Å². The molecule has 1 fully saturated rings. The van der Waals surface area contributed by atoms with E-state index in [1.165, 1.54) is 0 Å². The van der Waals surface area contributed by atoms with Crippen LogP contribution in [0.5, 0.6) is 0 Å². The van der Waals surface area contributed by atoms with Crippen LogP contribution in [0.3, 0.4) is 0 Å². The van der Waals surface area contributed by atoms with Crippen molar-refractivity contribution in [1.82, 2.24) is 10.3 Å². The summed E-state index contributed by atoms with van der Waals surface area (Å²) in [4.78, 5) is 6.69. The number of nitrogens with zero attached hydrogens (tertiary/aromatic N) is 2. The van der Waals surface area contributed by atoms with E-state index < -0.39 is 0 Å². The third-order valence-corrected chi connectivity index (χ3v) is 3.71. The number of ether oxygens (including phenoxy) is 1. The second-order valence-electron chi connectivity index (χ2n) is 4.19. The molecule has 1 aromatic rings. The maximum Gasteiger partial charge on any atom is 0.143 e. The first-order valence-electron chi connectivity index (χ1n) is 6.08. The lowest BCUT2D eigenvalue weighted by atomic mass is 10.2. The second-order valence-corrected chi connectivity index (χ2v) is 5.48. The Morgan fingerprint density at radius 2 is 2.50 bits per heavy atom. The third-order valence-electron chi connectivity index (χ3n) is 2.92. The number of nitrogens with one attached hydrogen (secondary N) is 1. The van der Waals surface area contributed by atoms with Gasteiger partial charge in [-0.05, 0) is 28.5 Å². The summed E-state index contributed by atoms with van der Waals surface area (Å²) in [6, 6.07) is 2.19. The fraction of sp³-hybridized carbons (Fsp3) is 0.583. The summed E-state index contributed by atoms with van der Waals surface area (Å²) in [6.45, 7) is 6.27. The standard InChI is InChI=1S/C12H17BrClN3O/c1-2-15-7-10-8-18-4-3-17(10)12-11(13)5-9(14)6-16-12/h5-6,10,15H,2-4,7-8H2,1H3. The molecule has 18 heavy (non-hydrogen) atoms. The van der Waals surface area contributed by atoms with Crippen molar-refractivity contribution >= 4 is 33.3 Å². The number of hydrogen-bond acceptors (Lipinski definition) is 4. The van der Waals surface area contributed by atoms with Crippen molar-refractivity contribution < 1.29 is 4.74 Å². The zero-order chi connectivity index (χ0) is 13.0. The van der Waals surface area contributed by atoms with Crippen molar-refractivity contribution in [2.75, 3.05) is 37.7 Å². The van der Waals surface area contributed by atoms with E-state index in [4.69, 9.17) is 16.3 Å². The molecule has 0 bridgehead atoms. The summed E-state index contributed by atoms with van der Waals surface area (Å²) in [7, 11) is 0. The van der Waals surface area contributed by atoms with Crippen molar-refractivity contribution in [2.45, 2.75) is 13.0 Å². The molecule has 0 spiro atoms. The van der Waals surface area contributed by atoms with Crippen molar-refractivity contribution in [3.63, 3.8) is 0 Å². The predicted molar refractivity (Wildman–Crippen MR) is 77.4 cm³/mol. The lowest BCUT2D eigenvalue weighted by molar-refractivity contribution is 0.0934. The quantitative estimate of drug-likeness (QED) is 0.917. The van der Waals surface area contributed by atoms with Crippen LogP contribution in [0.1, 0.15) is 6.92 Å². The molecule has 1 atom stereocenters. The van der Waals surface area contributed by atoms with E-state index in [9.17, 15) is 0 Å². The average molecular weight is 335 g/mol. The molecule has 100 valence electrons. The zero-order valence-corrected chi connectivity index (χ0v) is 12.7. The van der Waals surface area contributed by atoms with Gasteiger partial charge in [-0.25, -0.2) is 4.98 Å². The van der Waals surface area contributed by atoms with Crippen LogP contribution in [0, 0.1) is 0 Å². The van der Waals surface area contributed by atoms with Gasteiger partial charge < -0.3 is 15.0 Å². The first-order chi connectivity index (χ1) is 8.72. The second kappa shape index (κ2) is 6.70. The minimum absolute atomic E-state index is 0.309. The summed E-state index contributed by atoms with van der Waals surface area (Å²) in [5, 5.41) is 4.00. The predicted octanol–water partition coefficient (Wildman–Crippen LogP) is 2.31. The van der Waals surface area contributed by atoms with Crippen LogP contribution in [0.25, 0.3) is 0 Å². The lowest BCUT2D eigenvalue weighted by Gasteiger charge is -2.37. The maximum atomic E-state index is 5.93. The first-order valence-corrected chi connectivity index (χ1v) is 7.25. The fourth-order valence-electron chi connectivity index (χ4n) is 2.03. The molecule has 2 rings (SSSR count). The number of hydrogen-bond donors (Lipinski definition) is 1. The first kappa shape index (κ1) is 14.1. The molecule has 1 N–H and O–H groups in total. The van der Waals surface area contributed by atoms with Crippen LogP contribution in [-0.4, -0.2) is 43.9 Å². The molecule has 4 nitrogen and oxygen atoms in total. The molecular weight excluding hydrogens is 318 g/mol. The highest BCUT2D eigenvalue weighted by Crippen LogP contribution is 2.28. The van der Waals surface area contributed by atoms with Crippen LogP contribution in [0.4, 0.5) is 5.82 Å². The van der Waals surface area contributed by atoms with E-state index >= 15 is 0 Å². The van der Waals surface area contributed by atoms with E-state index in [0.717, 1.165) is 43.1 Å². The van der Waals surface area contributed by atoms with Gasteiger partial charge in [0.25, 0.3) is 0 Å². The highest BCUT2D eigenvalue weighted by Gasteiger charge is 2.25. The monoisotopic (exact) mass is 333 g/mol. The third kappa shape index (κ3) is 3.35. The van der Waals surface area contributed by atoms with Gasteiger partial charge in [-0.2, -0.15) is 0 Å². The summed E-state index contributed by atoms with van der Waals surface area (Å²) in [5.74, 6) is 0.936. The van der Waals surface area contributed by atoms with Crippen LogP contribution in [0.2, 0.25) is 5.02 Å². The normalized spacial score (nSPS) is 20.2. The average Bonchev–Trinajstić information content (AvgIpc) is 2.37. The van der Waals surface area contributed by atoms with E-state index in [1.54, 1.807) is 6.20 Å². The molecule has 1 aromatic heterocycles. The molecule has 1 unspecified atom stereocenters. The number of anilines is 1. The SMILES string of the molecule is CCNCC1COCCN1c1ncc(Cl)cc1Br. The fourth-order valence-corrected chi connectivity index (χ4v) is 2.90. The molecule has 6 heteroatoms. The molecule has 2 heterocycles. The van der Waals surface area contributed by atoms with Crippen LogP contribution < -0.4 is 10.2 Å². The van der Waals surface area contributed by atoms with Crippen LogP contribution >= 0.6 is 27.5 Å². The van der Waals surface area contributed by atoms with Crippen molar-refractivity contribution in [1.29, 1.82) is 0 Å². The van der Waals surface area contributed by atoms with Gasteiger partial charge in [0, 0.05) is 19.3 Å². The highest BCUT2D eigenvalue weighted by atomic mass is 79.9. The lowest BCUT2D eigenvalue weighted by Crippen LogP contribution is -2.51. The Labute approximate surface area is 121 Å². The minimum atomic E-state index is 0.309. The number of aromatic nitrogens is 1. The summed E-state index contributed by atoms with van der Waals surface area (Å²) < 4.78 is 6.47. The number of pyridine rings is 1.